The van der Waals surface area contributed by atoms with Crippen LogP contribution < -0.4 is 5.32 Å². The van der Waals surface area contributed by atoms with Gasteiger partial charge in [-0.2, -0.15) is 0 Å². The predicted molar refractivity (Wildman–Crippen MR) is 73.5 cm³/mol. The molecule has 0 aliphatic rings. The van der Waals surface area contributed by atoms with Crippen LogP contribution in [0.4, 0.5) is 4.39 Å². The molecule has 0 radical (unpaired) electrons. The molecule has 2 aromatic rings. The number of hydrogen-bond donors (Lipinski definition) is 1. The number of rotatable bonds is 3. The Kier molecular flexibility index (Phi) is 4.00. The molecule has 1 unspecified atom stereocenters. The molecule has 1 atom stereocenters. The molecule has 94 valence electrons. The molecule has 18 heavy (non-hydrogen) atoms. The highest BCUT2D eigenvalue weighted by Gasteiger charge is 2.15. The van der Waals surface area contributed by atoms with E-state index < -0.39 is 0 Å². The van der Waals surface area contributed by atoms with Crippen molar-refractivity contribution in [1.82, 2.24) is 5.32 Å². The fraction of sp³-hybridized carbons (Fsp3) is 0.200. The molecule has 2 aromatic carbocycles. The molecule has 0 bridgehead atoms. The summed E-state index contributed by atoms with van der Waals surface area (Å²) in [6.07, 6.45) is 0. The van der Waals surface area contributed by atoms with Crippen LogP contribution in [0.3, 0.4) is 0 Å². The fourth-order valence-corrected chi connectivity index (χ4v) is 2.31. The van der Waals surface area contributed by atoms with E-state index in [4.69, 9.17) is 11.6 Å². The summed E-state index contributed by atoms with van der Waals surface area (Å²) in [4.78, 5) is 0. The number of aryl methyl sites for hydroxylation is 1. The Morgan fingerprint density at radius 1 is 1.17 bits per heavy atom. The summed E-state index contributed by atoms with van der Waals surface area (Å²) < 4.78 is 13.4. The molecule has 1 nitrogen and oxygen atoms in total. The largest absolute Gasteiger partial charge is 0.309 e. The van der Waals surface area contributed by atoms with Crippen LogP contribution in [0.5, 0.6) is 0 Å². The minimum absolute atomic E-state index is 0.104. The summed E-state index contributed by atoms with van der Waals surface area (Å²) in [7, 11) is 1.84. The lowest BCUT2D eigenvalue weighted by molar-refractivity contribution is 0.617. The highest BCUT2D eigenvalue weighted by molar-refractivity contribution is 6.31. The van der Waals surface area contributed by atoms with Gasteiger partial charge in [0, 0.05) is 5.02 Å². The van der Waals surface area contributed by atoms with Crippen LogP contribution in [-0.4, -0.2) is 7.05 Å². The lowest BCUT2D eigenvalue weighted by Crippen LogP contribution is -2.18. The summed E-state index contributed by atoms with van der Waals surface area (Å²) in [6, 6.07) is 12.4. The molecule has 2 rings (SSSR count). The number of nitrogens with one attached hydrogen (secondary N) is 1. The number of halogens is 2. The van der Waals surface area contributed by atoms with E-state index in [0.29, 0.717) is 5.02 Å². The third kappa shape index (κ3) is 2.71. The van der Waals surface area contributed by atoms with E-state index in [1.54, 1.807) is 6.07 Å². The SMILES string of the molecule is CNC(c1cccc(C)c1)c1cc(F)ccc1Cl. The van der Waals surface area contributed by atoms with E-state index in [1.165, 1.54) is 17.7 Å². The van der Waals surface area contributed by atoms with E-state index >= 15 is 0 Å². The Balaban J connectivity index is 2.48. The zero-order valence-corrected chi connectivity index (χ0v) is 11.1. The molecule has 0 amide bonds. The number of hydrogen-bond acceptors (Lipinski definition) is 1. The normalized spacial score (nSPS) is 12.4. The van der Waals surface area contributed by atoms with E-state index in [1.807, 2.05) is 32.2 Å². The van der Waals surface area contributed by atoms with E-state index in [-0.39, 0.29) is 11.9 Å². The van der Waals surface area contributed by atoms with Gasteiger partial charge in [-0.25, -0.2) is 4.39 Å². The predicted octanol–water partition coefficient (Wildman–Crippen LogP) is 4.10. The Bertz CT molecular complexity index is 554. The highest BCUT2D eigenvalue weighted by atomic mass is 35.5. The van der Waals surface area contributed by atoms with Crippen molar-refractivity contribution >= 4 is 11.6 Å². The maximum atomic E-state index is 13.4. The Morgan fingerprint density at radius 3 is 2.61 bits per heavy atom. The molecular weight excluding hydrogens is 249 g/mol. The fourth-order valence-electron chi connectivity index (χ4n) is 2.09. The quantitative estimate of drug-likeness (QED) is 0.879. The van der Waals surface area contributed by atoms with Crippen LogP contribution >= 0.6 is 11.6 Å². The summed E-state index contributed by atoms with van der Waals surface area (Å²) >= 11 is 6.15. The van der Waals surface area contributed by atoms with E-state index in [2.05, 4.69) is 11.4 Å². The van der Waals surface area contributed by atoms with Gasteiger partial charge in [0.1, 0.15) is 5.82 Å². The van der Waals surface area contributed by atoms with Gasteiger partial charge in [0.05, 0.1) is 6.04 Å². The third-order valence-electron chi connectivity index (χ3n) is 2.93. The molecule has 0 fully saturated rings. The van der Waals surface area contributed by atoms with Crippen molar-refractivity contribution in [1.29, 1.82) is 0 Å². The first-order chi connectivity index (χ1) is 8.61. The zero-order valence-electron chi connectivity index (χ0n) is 10.4. The van der Waals surface area contributed by atoms with Crippen molar-refractivity contribution in [2.45, 2.75) is 13.0 Å². The van der Waals surface area contributed by atoms with Crippen molar-refractivity contribution in [2.24, 2.45) is 0 Å². The van der Waals surface area contributed by atoms with Crippen LogP contribution in [0, 0.1) is 12.7 Å². The monoisotopic (exact) mass is 263 g/mol. The van der Waals surface area contributed by atoms with Crippen molar-refractivity contribution in [3.63, 3.8) is 0 Å². The molecule has 0 saturated carbocycles. The second-order valence-electron chi connectivity index (χ2n) is 4.30. The Hall–Kier alpha value is -1.38. The summed E-state index contributed by atoms with van der Waals surface area (Å²) in [5.41, 5.74) is 3.00. The van der Waals surface area contributed by atoms with Gasteiger partial charge in [-0.05, 0) is 43.3 Å². The van der Waals surface area contributed by atoms with Crippen LogP contribution in [0.2, 0.25) is 5.02 Å². The minimum Gasteiger partial charge on any atom is -0.309 e. The van der Waals surface area contributed by atoms with Crippen LogP contribution in [0.25, 0.3) is 0 Å². The summed E-state index contributed by atoms with van der Waals surface area (Å²) in [5, 5.41) is 3.75. The topological polar surface area (TPSA) is 12.0 Å². The van der Waals surface area contributed by atoms with Crippen molar-refractivity contribution in [2.75, 3.05) is 7.05 Å². The molecule has 0 aliphatic heterocycles. The summed E-state index contributed by atoms with van der Waals surface area (Å²) in [5.74, 6) is -0.276. The van der Waals surface area contributed by atoms with E-state index in [9.17, 15) is 4.39 Å². The first-order valence-corrected chi connectivity index (χ1v) is 6.18. The van der Waals surface area contributed by atoms with Crippen LogP contribution in [0.15, 0.2) is 42.5 Å². The molecule has 0 spiro atoms. The first-order valence-electron chi connectivity index (χ1n) is 5.80. The summed E-state index contributed by atoms with van der Waals surface area (Å²) in [6.45, 7) is 2.03. The molecule has 0 saturated heterocycles. The van der Waals surface area contributed by atoms with Gasteiger partial charge in [-0.15, -0.1) is 0 Å². The second-order valence-corrected chi connectivity index (χ2v) is 4.71. The average molecular weight is 264 g/mol. The lowest BCUT2D eigenvalue weighted by Gasteiger charge is -2.19. The van der Waals surface area contributed by atoms with Crippen molar-refractivity contribution in [3.05, 3.63) is 70.0 Å². The lowest BCUT2D eigenvalue weighted by atomic mass is 9.97. The van der Waals surface area contributed by atoms with Gasteiger partial charge in [0.2, 0.25) is 0 Å². The van der Waals surface area contributed by atoms with Crippen LogP contribution in [0.1, 0.15) is 22.7 Å². The molecule has 0 aliphatic carbocycles. The zero-order chi connectivity index (χ0) is 13.1. The van der Waals surface area contributed by atoms with Crippen LogP contribution in [-0.2, 0) is 0 Å². The Morgan fingerprint density at radius 2 is 1.94 bits per heavy atom. The van der Waals surface area contributed by atoms with Gasteiger partial charge < -0.3 is 5.32 Å². The van der Waals surface area contributed by atoms with Crippen molar-refractivity contribution in [3.8, 4) is 0 Å². The van der Waals surface area contributed by atoms with Gasteiger partial charge in [0.15, 0.2) is 0 Å². The second kappa shape index (κ2) is 5.51. The standard InChI is InChI=1S/C15H15ClFN/c1-10-4-3-5-11(8-10)15(18-2)13-9-12(17)6-7-14(13)16/h3-9,15,18H,1-2H3. The smallest absolute Gasteiger partial charge is 0.123 e. The molecule has 0 aromatic heterocycles. The first kappa shape index (κ1) is 13.1. The van der Waals surface area contributed by atoms with Gasteiger partial charge >= 0.3 is 0 Å². The molecule has 3 heteroatoms. The third-order valence-corrected chi connectivity index (χ3v) is 3.28. The van der Waals surface area contributed by atoms with Gasteiger partial charge in [-0.1, -0.05) is 41.4 Å². The molecular formula is C15H15ClFN. The highest BCUT2D eigenvalue weighted by Crippen LogP contribution is 2.29. The van der Waals surface area contributed by atoms with Gasteiger partial charge in [0.25, 0.3) is 0 Å². The van der Waals surface area contributed by atoms with Crippen molar-refractivity contribution < 1.29 is 4.39 Å². The van der Waals surface area contributed by atoms with Gasteiger partial charge in [-0.3, -0.25) is 0 Å². The number of benzene rings is 2. The average Bonchev–Trinajstić information content (AvgIpc) is 2.35. The molecule has 0 heterocycles. The Labute approximate surface area is 112 Å². The maximum absolute atomic E-state index is 13.4. The van der Waals surface area contributed by atoms with E-state index in [0.717, 1.165) is 11.1 Å². The minimum atomic E-state index is -0.276. The molecule has 1 N–H and O–H groups in total. The maximum Gasteiger partial charge on any atom is 0.123 e.